The Bertz CT molecular complexity index is 1280. The first-order valence-corrected chi connectivity index (χ1v) is 10.8. The highest BCUT2D eigenvalue weighted by Gasteiger charge is 2.46. The van der Waals surface area contributed by atoms with Crippen LogP contribution >= 0.6 is 0 Å². The maximum absolute atomic E-state index is 13.3. The molecule has 0 radical (unpaired) electrons. The number of ketones is 1. The molecular weight excluding hydrogens is 432 g/mol. The Hall–Kier alpha value is -4.13. The van der Waals surface area contributed by atoms with Crippen LogP contribution in [-0.2, 0) is 16.1 Å². The van der Waals surface area contributed by atoms with E-state index in [4.69, 9.17) is 9.47 Å². The number of methoxy groups -OCH3 is 2. The molecule has 3 aromatic rings. The fourth-order valence-electron chi connectivity index (χ4n) is 4.36. The fraction of sp³-hybridized carbons (Fsp3) is 0.222. The highest BCUT2D eigenvalue weighted by Crippen LogP contribution is 2.41. The second kappa shape index (κ2) is 9.39. The molecule has 1 N–H and O–H groups in total. The van der Waals surface area contributed by atoms with E-state index in [2.05, 4.69) is 4.98 Å². The van der Waals surface area contributed by atoms with Crippen LogP contribution in [0.2, 0.25) is 0 Å². The molecule has 7 nitrogen and oxygen atoms in total. The zero-order chi connectivity index (χ0) is 24.4. The summed E-state index contributed by atoms with van der Waals surface area (Å²) in [4.78, 5) is 32.1. The average molecular weight is 459 g/mol. The lowest BCUT2D eigenvalue weighted by Crippen LogP contribution is -2.29. The third-order valence-electron chi connectivity index (χ3n) is 6.09. The van der Waals surface area contributed by atoms with Gasteiger partial charge >= 0.3 is 0 Å². The Morgan fingerprint density at radius 2 is 1.65 bits per heavy atom. The number of amides is 1. The number of pyridine rings is 1. The molecule has 0 saturated carbocycles. The fourth-order valence-corrected chi connectivity index (χ4v) is 4.36. The lowest BCUT2D eigenvalue weighted by molar-refractivity contribution is -0.140. The lowest BCUT2D eigenvalue weighted by Gasteiger charge is -2.26. The van der Waals surface area contributed by atoms with Gasteiger partial charge < -0.3 is 19.5 Å². The summed E-state index contributed by atoms with van der Waals surface area (Å²) in [5, 5.41) is 11.4. The predicted molar refractivity (Wildman–Crippen MR) is 128 cm³/mol. The molecule has 2 heterocycles. The predicted octanol–water partition coefficient (Wildman–Crippen LogP) is 4.34. The average Bonchev–Trinajstić information content (AvgIpc) is 3.10. The number of aryl methyl sites for hydroxylation is 2. The molecule has 2 aromatic carbocycles. The van der Waals surface area contributed by atoms with Crippen LogP contribution in [0, 0.1) is 13.8 Å². The first-order valence-electron chi connectivity index (χ1n) is 10.8. The Balaban J connectivity index is 1.89. The Morgan fingerprint density at radius 3 is 2.32 bits per heavy atom. The number of Topliss-reactive ketones (excluding diaryl/α,β-unsaturated/α-hetero) is 1. The summed E-state index contributed by atoms with van der Waals surface area (Å²) < 4.78 is 10.8. The van der Waals surface area contributed by atoms with Crippen molar-refractivity contribution in [1.29, 1.82) is 0 Å². The molecule has 1 aliphatic heterocycles. The van der Waals surface area contributed by atoms with E-state index in [1.54, 1.807) is 56.9 Å². The van der Waals surface area contributed by atoms with Crippen molar-refractivity contribution in [3.8, 4) is 11.5 Å². The summed E-state index contributed by atoms with van der Waals surface area (Å²) in [5.74, 6) is -0.346. The summed E-state index contributed by atoms with van der Waals surface area (Å²) in [6.45, 7) is 3.82. The highest BCUT2D eigenvalue weighted by atomic mass is 16.5. The molecular formula is C27H26N2O5. The molecule has 1 atom stereocenters. The van der Waals surface area contributed by atoms with E-state index in [0.717, 1.165) is 16.7 Å². The van der Waals surface area contributed by atoms with Gasteiger partial charge in [0.15, 0.2) is 0 Å². The Labute approximate surface area is 198 Å². The van der Waals surface area contributed by atoms with Crippen molar-refractivity contribution in [3.63, 3.8) is 0 Å². The number of aliphatic hydroxyl groups excluding tert-OH is 1. The normalized spacial score (nSPS) is 17.2. The molecule has 1 saturated heterocycles. The molecule has 0 spiro atoms. The second-order valence-corrected chi connectivity index (χ2v) is 8.16. The number of benzene rings is 2. The minimum absolute atomic E-state index is 0.0405. The Morgan fingerprint density at radius 1 is 0.971 bits per heavy atom. The Kier molecular flexibility index (Phi) is 6.36. The van der Waals surface area contributed by atoms with Gasteiger partial charge in [0.05, 0.1) is 32.4 Å². The van der Waals surface area contributed by atoms with Gasteiger partial charge in [0.1, 0.15) is 17.3 Å². The first kappa shape index (κ1) is 23.0. The van der Waals surface area contributed by atoms with Gasteiger partial charge in [-0.2, -0.15) is 0 Å². The minimum atomic E-state index is -0.783. The SMILES string of the molecule is COc1cc(C)c(/C(O)=C2\C(=O)C(=O)N(Cc3ccccc3OC)C2c2ccncc2)cc1C. The van der Waals surface area contributed by atoms with Crippen LogP contribution in [0.1, 0.15) is 33.9 Å². The van der Waals surface area contributed by atoms with Crippen LogP contribution in [0.15, 0.2) is 66.5 Å². The lowest BCUT2D eigenvalue weighted by atomic mass is 9.93. The number of nitrogens with zero attached hydrogens (tertiary/aromatic N) is 2. The first-order chi connectivity index (χ1) is 16.4. The number of aromatic nitrogens is 1. The monoisotopic (exact) mass is 458 g/mol. The van der Waals surface area contributed by atoms with Crippen LogP contribution < -0.4 is 9.47 Å². The molecule has 1 aliphatic rings. The van der Waals surface area contributed by atoms with Crippen molar-refractivity contribution >= 4 is 17.4 Å². The van der Waals surface area contributed by atoms with Crippen LogP contribution in [0.4, 0.5) is 0 Å². The van der Waals surface area contributed by atoms with Gasteiger partial charge in [0.2, 0.25) is 0 Å². The van der Waals surface area contributed by atoms with Gasteiger partial charge in [-0.3, -0.25) is 14.6 Å². The second-order valence-electron chi connectivity index (χ2n) is 8.16. The molecule has 1 unspecified atom stereocenters. The summed E-state index contributed by atoms with van der Waals surface area (Å²) in [6.07, 6.45) is 3.20. The number of carbonyl (C=O) groups is 2. The summed E-state index contributed by atoms with van der Waals surface area (Å²) in [6, 6.07) is 13.6. The van der Waals surface area contributed by atoms with Gasteiger partial charge in [0.25, 0.3) is 11.7 Å². The van der Waals surface area contributed by atoms with Crippen molar-refractivity contribution < 1.29 is 24.2 Å². The zero-order valence-electron chi connectivity index (χ0n) is 19.5. The maximum atomic E-state index is 13.3. The number of hydrogen-bond donors (Lipinski definition) is 1. The van der Waals surface area contributed by atoms with Crippen molar-refractivity contribution in [2.75, 3.05) is 14.2 Å². The smallest absolute Gasteiger partial charge is 0.295 e. The highest BCUT2D eigenvalue weighted by molar-refractivity contribution is 6.46. The molecule has 7 heteroatoms. The summed E-state index contributed by atoms with van der Waals surface area (Å²) >= 11 is 0. The molecule has 1 amide bonds. The minimum Gasteiger partial charge on any atom is -0.507 e. The third-order valence-corrected chi connectivity index (χ3v) is 6.09. The van der Waals surface area contributed by atoms with Crippen molar-refractivity contribution in [3.05, 3.63) is 94.3 Å². The van der Waals surface area contributed by atoms with Crippen LogP contribution in [0.25, 0.3) is 5.76 Å². The largest absolute Gasteiger partial charge is 0.507 e. The standard InChI is InChI=1S/C27H26N2O5/c1-16-14-22(34-4)17(2)13-20(16)25(30)23-24(18-9-11-28-12-10-18)29(27(32)26(23)31)15-19-7-5-6-8-21(19)33-3/h5-14,24,30H,15H2,1-4H3/b25-23+. The van der Waals surface area contributed by atoms with Crippen LogP contribution in [0.3, 0.4) is 0 Å². The number of hydrogen-bond acceptors (Lipinski definition) is 6. The number of carbonyl (C=O) groups excluding carboxylic acids is 2. The molecule has 174 valence electrons. The van der Waals surface area contributed by atoms with E-state index in [1.807, 2.05) is 32.0 Å². The zero-order valence-corrected chi connectivity index (χ0v) is 19.5. The van der Waals surface area contributed by atoms with E-state index in [9.17, 15) is 14.7 Å². The van der Waals surface area contributed by atoms with Crippen molar-refractivity contribution in [1.82, 2.24) is 9.88 Å². The number of aliphatic hydroxyl groups is 1. The van der Waals surface area contributed by atoms with Gasteiger partial charge in [-0.25, -0.2) is 0 Å². The number of ether oxygens (including phenoxy) is 2. The van der Waals surface area contributed by atoms with Gasteiger partial charge in [-0.1, -0.05) is 18.2 Å². The van der Waals surface area contributed by atoms with E-state index in [0.29, 0.717) is 22.6 Å². The molecule has 4 rings (SSSR count). The van der Waals surface area contributed by atoms with Crippen LogP contribution in [-0.4, -0.2) is 40.9 Å². The van der Waals surface area contributed by atoms with Gasteiger partial charge in [-0.05, 0) is 60.9 Å². The quantitative estimate of drug-likeness (QED) is 0.336. The van der Waals surface area contributed by atoms with Crippen molar-refractivity contribution in [2.24, 2.45) is 0 Å². The maximum Gasteiger partial charge on any atom is 0.295 e. The third kappa shape index (κ3) is 4.01. The summed E-state index contributed by atoms with van der Waals surface area (Å²) in [5.41, 5.74) is 3.48. The van der Waals surface area contributed by atoms with Gasteiger partial charge in [0, 0.05) is 23.5 Å². The molecule has 0 aliphatic carbocycles. The number of rotatable bonds is 6. The van der Waals surface area contributed by atoms with E-state index in [-0.39, 0.29) is 17.9 Å². The molecule has 0 bridgehead atoms. The number of likely N-dealkylation sites (tertiary alicyclic amines) is 1. The molecule has 1 aromatic heterocycles. The topological polar surface area (TPSA) is 89.0 Å². The van der Waals surface area contributed by atoms with Crippen LogP contribution in [0.5, 0.6) is 11.5 Å². The van der Waals surface area contributed by atoms with Crippen molar-refractivity contribution in [2.45, 2.75) is 26.4 Å². The molecule has 1 fully saturated rings. The van der Waals surface area contributed by atoms with E-state index < -0.39 is 17.7 Å². The van der Waals surface area contributed by atoms with E-state index >= 15 is 0 Å². The summed E-state index contributed by atoms with van der Waals surface area (Å²) in [7, 11) is 3.14. The van der Waals surface area contributed by atoms with Gasteiger partial charge in [-0.15, -0.1) is 0 Å². The molecule has 34 heavy (non-hydrogen) atoms. The van der Waals surface area contributed by atoms with E-state index in [1.165, 1.54) is 4.90 Å². The number of para-hydroxylation sites is 1.